The van der Waals surface area contributed by atoms with Crippen molar-refractivity contribution in [3.63, 3.8) is 0 Å². The van der Waals surface area contributed by atoms with Crippen LogP contribution in [0.1, 0.15) is 12.5 Å². The summed E-state index contributed by atoms with van der Waals surface area (Å²) in [7, 11) is -1.07. The lowest BCUT2D eigenvalue weighted by Crippen LogP contribution is -2.33. The molecule has 2 rings (SSSR count). The summed E-state index contributed by atoms with van der Waals surface area (Å²) < 4.78 is 12.1. The van der Waals surface area contributed by atoms with Crippen LogP contribution in [0.25, 0.3) is 0 Å². The summed E-state index contributed by atoms with van der Waals surface area (Å²) in [6, 6.07) is 19.4. The van der Waals surface area contributed by atoms with E-state index in [1.807, 2.05) is 55.5 Å². The van der Waals surface area contributed by atoms with Crippen molar-refractivity contribution >= 4 is 28.5 Å². The number of rotatable bonds is 8. The smallest absolute Gasteiger partial charge is 0.232 e. The molecule has 23 heavy (non-hydrogen) atoms. The standard InChI is InChI=1S/C18H21NO2S2/c1-15(22-14-16-8-4-2-5-9-16)18(20)19-12-13-23(21)17-10-6-3-7-11-17/h2-11,15H,12-14H2,1H3,(H,19,20)/t15-,23+/m1/s1. The number of nitrogens with one attached hydrogen (secondary N) is 1. The monoisotopic (exact) mass is 347 g/mol. The van der Waals surface area contributed by atoms with Crippen molar-refractivity contribution < 1.29 is 9.00 Å². The summed E-state index contributed by atoms with van der Waals surface area (Å²) in [5, 5.41) is 2.74. The molecule has 2 atom stereocenters. The molecule has 0 aliphatic carbocycles. The van der Waals surface area contributed by atoms with Crippen molar-refractivity contribution in [3.8, 4) is 0 Å². The van der Waals surface area contributed by atoms with Gasteiger partial charge in [-0.1, -0.05) is 48.5 Å². The van der Waals surface area contributed by atoms with E-state index >= 15 is 0 Å². The van der Waals surface area contributed by atoms with E-state index in [1.165, 1.54) is 5.56 Å². The van der Waals surface area contributed by atoms with E-state index in [0.717, 1.165) is 10.6 Å². The van der Waals surface area contributed by atoms with Gasteiger partial charge in [0.05, 0.1) is 16.0 Å². The van der Waals surface area contributed by atoms with Gasteiger partial charge in [0.25, 0.3) is 0 Å². The van der Waals surface area contributed by atoms with Crippen LogP contribution in [-0.2, 0) is 21.3 Å². The fourth-order valence-corrected chi connectivity index (χ4v) is 3.83. The van der Waals surface area contributed by atoms with E-state index in [0.29, 0.717) is 12.3 Å². The third kappa shape index (κ3) is 6.20. The lowest BCUT2D eigenvalue weighted by molar-refractivity contribution is -0.120. The first-order valence-corrected chi connectivity index (χ1v) is 9.90. The van der Waals surface area contributed by atoms with Crippen LogP contribution in [-0.4, -0.2) is 27.7 Å². The Hall–Kier alpha value is -1.59. The van der Waals surface area contributed by atoms with Crippen molar-refractivity contribution in [2.24, 2.45) is 0 Å². The minimum Gasteiger partial charge on any atom is -0.354 e. The Morgan fingerprint density at radius 3 is 2.35 bits per heavy atom. The maximum atomic E-state index is 12.1. The van der Waals surface area contributed by atoms with Crippen molar-refractivity contribution in [3.05, 3.63) is 66.2 Å². The maximum Gasteiger partial charge on any atom is 0.232 e. The molecule has 0 fully saturated rings. The first-order valence-electron chi connectivity index (χ1n) is 7.53. The zero-order valence-corrected chi connectivity index (χ0v) is 14.7. The molecule has 0 aromatic heterocycles. The molecule has 0 aliphatic heterocycles. The van der Waals surface area contributed by atoms with Crippen LogP contribution >= 0.6 is 11.8 Å². The topological polar surface area (TPSA) is 46.2 Å². The molecule has 0 bridgehead atoms. The highest BCUT2D eigenvalue weighted by Crippen LogP contribution is 2.17. The molecule has 122 valence electrons. The van der Waals surface area contributed by atoms with E-state index in [-0.39, 0.29) is 11.2 Å². The Balaban J connectivity index is 1.69. The van der Waals surface area contributed by atoms with Crippen LogP contribution in [0.3, 0.4) is 0 Å². The summed E-state index contributed by atoms with van der Waals surface area (Å²) in [5.74, 6) is 1.24. The third-order valence-electron chi connectivity index (χ3n) is 3.30. The lowest BCUT2D eigenvalue weighted by Gasteiger charge is -2.12. The molecule has 0 unspecified atom stereocenters. The molecule has 1 amide bonds. The Morgan fingerprint density at radius 1 is 1.09 bits per heavy atom. The van der Waals surface area contributed by atoms with Crippen molar-refractivity contribution in [2.75, 3.05) is 12.3 Å². The van der Waals surface area contributed by atoms with Gasteiger partial charge in [0.2, 0.25) is 5.91 Å². The Bertz CT molecular complexity index is 632. The molecule has 0 saturated carbocycles. The molecule has 3 nitrogen and oxygen atoms in total. The number of hydrogen-bond donors (Lipinski definition) is 1. The largest absolute Gasteiger partial charge is 0.354 e. The zero-order valence-electron chi connectivity index (χ0n) is 13.1. The van der Waals surface area contributed by atoms with Gasteiger partial charge in [0.15, 0.2) is 0 Å². The van der Waals surface area contributed by atoms with Gasteiger partial charge in [-0.3, -0.25) is 9.00 Å². The fourth-order valence-electron chi connectivity index (χ4n) is 1.97. The van der Waals surface area contributed by atoms with E-state index in [9.17, 15) is 9.00 Å². The van der Waals surface area contributed by atoms with Crippen LogP contribution in [0.15, 0.2) is 65.6 Å². The molecule has 0 heterocycles. The summed E-state index contributed by atoms with van der Waals surface area (Å²) >= 11 is 1.60. The minimum absolute atomic E-state index is 0.00371. The van der Waals surface area contributed by atoms with Crippen LogP contribution in [0, 0.1) is 0 Å². The first-order chi connectivity index (χ1) is 11.2. The average Bonchev–Trinajstić information content (AvgIpc) is 2.61. The number of hydrogen-bond acceptors (Lipinski definition) is 3. The Morgan fingerprint density at radius 2 is 1.70 bits per heavy atom. The van der Waals surface area contributed by atoms with Gasteiger partial charge < -0.3 is 5.32 Å². The van der Waals surface area contributed by atoms with Crippen LogP contribution in [0.2, 0.25) is 0 Å². The molecular formula is C18H21NO2S2. The highest BCUT2D eigenvalue weighted by molar-refractivity contribution is 7.99. The molecule has 2 aromatic carbocycles. The Labute approximate surface area is 144 Å². The Kier molecular flexibility index (Phi) is 7.36. The van der Waals surface area contributed by atoms with E-state index in [4.69, 9.17) is 0 Å². The molecular weight excluding hydrogens is 326 g/mol. The summed E-state index contributed by atoms with van der Waals surface area (Å²) in [5.41, 5.74) is 1.21. The van der Waals surface area contributed by atoms with Gasteiger partial charge in [-0.05, 0) is 24.6 Å². The maximum absolute atomic E-state index is 12.1. The second-order valence-electron chi connectivity index (χ2n) is 5.09. The summed E-state index contributed by atoms with van der Waals surface area (Å²) in [6.45, 7) is 2.33. The molecule has 0 saturated heterocycles. The van der Waals surface area contributed by atoms with E-state index in [1.54, 1.807) is 11.8 Å². The molecule has 0 spiro atoms. The highest BCUT2D eigenvalue weighted by atomic mass is 32.2. The average molecular weight is 348 g/mol. The normalized spacial score (nSPS) is 13.3. The van der Waals surface area contributed by atoms with Gasteiger partial charge >= 0.3 is 0 Å². The van der Waals surface area contributed by atoms with E-state index in [2.05, 4.69) is 17.4 Å². The van der Waals surface area contributed by atoms with E-state index < -0.39 is 10.8 Å². The van der Waals surface area contributed by atoms with Gasteiger partial charge in [-0.2, -0.15) is 0 Å². The highest BCUT2D eigenvalue weighted by Gasteiger charge is 2.13. The number of carbonyl (C=O) groups excluding carboxylic acids is 1. The van der Waals surface area contributed by atoms with Crippen molar-refractivity contribution in [2.45, 2.75) is 22.8 Å². The van der Waals surface area contributed by atoms with Gasteiger partial charge in [-0.25, -0.2) is 0 Å². The summed E-state index contributed by atoms with van der Waals surface area (Å²) in [4.78, 5) is 12.9. The van der Waals surface area contributed by atoms with Crippen LogP contribution < -0.4 is 5.32 Å². The van der Waals surface area contributed by atoms with Crippen molar-refractivity contribution in [1.82, 2.24) is 5.32 Å². The zero-order chi connectivity index (χ0) is 16.5. The minimum atomic E-state index is -1.07. The molecule has 0 aliphatic rings. The predicted octanol–water partition coefficient (Wildman–Crippen LogP) is 3.23. The molecule has 2 aromatic rings. The lowest BCUT2D eigenvalue weighted by atomic mass is 10.2. The molecule has 1 N–H and O–H groups in total. The number of benzene rings is 2. The van der Waals surface area contributed by atoms with Crippen LogP contribution in [0.5, 0.6) is 0 Å². The number of thioether (sulfide) groups is 1. The predicted molar refractivity (Wildman–Crippen MR) is 97.9 cm³/mol. The van der Waals surface area contributed by atoms with Gasteiger partial charge in [0, 0.05) is 22.9 Å². The number of carbonyl (C=O) groups is 1. The van der Waals surface area contributed by atoms with Crippen LogP contribution in [0.4, 0.5) is 0 Å². The first kappa shape index (κ1) is 17.8. The van der Waals surface area contributed by atoms with Gasteiger partial charge in [-0.15, -0.1) is 11.8 Å². The third-order valence-corrected chi connectivity index (χ3v) is 5.89. The fraction of sp³-hybridized carbons (Fsp3) is 0.278. The number of amides is 1. The second kappa shape index (κ2) is 9.53. The molecule has 5 heteroatoms. The quantitative estimate of drug-likeness (QED) is 0.797. The van der Waals surface area contributed by atoms with Gasteiger partial charge in [0.1, 0.15) is 0 Å². The SMILES string of the molecule is C[C@@H](SCc1ccccc1)C(=O)NCC[S@](=O)c1ccccc1. The van der Waals surface area contributed by atoms with Crippen molar-refractivity contribution in [1.29, 1.82) is 0 Å². The molecule has 0 radical (unpaired) electrons. The summed E-state index contributed by atoms with van der Waals surface area (Å²) in [6.07, 6.45) is 0. The second-order valence-corrected chi connectivity index (χ2v) is 7.99.